The molecule has 0 atom stereocenters. The van der Waals surface area contributed by atoms with E-state index in [0.29, 0.717) is 60.0 Å². The van der Waals surface area contributed by atoms with Crippen LogP contribution in [-0.4, -0.2) is 52.3 Å². The number of likely N-dealkylation sites (tertiary alicyclic amines) is 1. The Bertz CT molecular complexity index is 931. The van der Waals surface area contributed by atoms with Crippen LogP contribution in [0, 0.1) is 0 Å². The molecule has 1 aromatic carbocycles. The van der Waals surface area contributed by atoms with E-state index in [0.717, 1.165) is 11.8 Å². The van der Waals surface area contributed by atoms with Crippen LogP contribution in [0.15, 0.2) is 28.2 Å². The van der Waals surface area contributed by atoms with E-state index in [1.165, 1.54) is 4.90 Å². The number of amides is 2. The smallest absolute Gasteiger partial charge is 0.262 e. The zero-order valence-electron chi connectivity index (χ0n) is 14.9. The van der Waals surface area contributed by atoms with Crippen molar-refractivity contribution in [3.8, 4) is 0 Å². The fourth-order valence-corrected chi connectivity index (χ4v) is 4.03. The predicted octanol–water partition coefficient (Wildman–Crippen LogP) is 2.33. The van der Waals surface area contributed by atoms with Crippen LogP contribution in [0.1, 0.15) is 19.3 Å². The fourth-order valence-electron chi connectivity index (χ4n) is 2.96. The third-order valence-electron chi connectivity index (χ3n) is 4.31. The van der Waals surface area contributed by atoms with E-state index in [-0.39, 0.29) is 23.1 Å². The first kappa shape index (κ1) is 19.9. The summed E-state index contributed by atoms with van der Waals surface area (Å²) in [7, 11) is 1.60. The fraction of sp³-hybridized carbons (Fsp3) is 0.444. The zero-order chi connectivity index (χ0) is 19.4. The van der Waals surface area contributed by atoms with E-state index in [2.05, 4.69) is 4.98 Å². The van der Waals surface area contributed by atoms with E-state index in [9.17, 15) is 14.4 Å². The van der Waals surface area contributed by atoms with Gasteiger partial charge in [0.2, 0.25) is 11.8 Å². The number of nitrogens with zero attached hydrogens (tertiary/aromatic N) is 3. The lowest BCUT2D eigenvalue weighted by Gasteiger charge is -2.15. The van der Waals surface area contributed by atoms with Crippen molar-refractivity contribution in [3.05, 3.63) is 33.6 Å². The maximum atomic E-state index is 12.9. The lowest BCUT2D eigenvalue weighted by atomic mass is 10.2. The third kappa shape index (κ3) is 4.51. The molecule has 1 aliphatic heterocycles. The highest BCUT2D eigenvalue weighted by atomic mass is 35.5. The Hall–Kier alpha value is -1.90. The molecule has 2 amide bonds. The van der Waals surface area contributed by atoms with Gasteiger partial charge < -0.3 is 4.74 Å². The summed E-state index contributed by atoms with van der Waals surface area (Å²) in [4.78, 5) is 42.8. The van der Waals surface area contributed by atoms with Gasteiger partial charge in [0, 0.05) is 38.2 Å². The van der Waals surface area contributed by atoms with Crippen LogP contribution in [0.5, 0.6) is 0 Å². The number of hydrogen-bond acceptors (Lipinski definition) is 6. The molecule has 2 heterocycles. The minimum Gasteiger partial charge on any atom is -0.385 e. The minimum atomic E-state index is -0.258. The second-order valence-corrected chi connectivity index (χ2v) is 7.57. The molecule has 1 saturated heterocycles. The standard InChI is InChI=1S/C18H20ClN3O4S/c1-26-9-3-8-22-17(25)13-6-5-12(19)10-14(13)20-18(22)27-11-16(24)21-7-2-4-15(21)23/h5-6,10H,2-4,7-9,11H2,1H3. The highest BCUT2D eigenvalue weighted by Crippen LogP contribution is 2.22. The van der Waals surface area contributed by atoms with Gasteiger partial charge in [0.1, 0.15) is 0 Å². The Morgan fingerprint density at radius 1 is 1.37 bits per heavy atom. The van der Waals surface area contributed by atoms with E-state index in [4.69, 9.17) is 16.3 Å². The Kier molecular flexibility index (Phi) is 6.51. The zero-order valence-corrected chi connectivity index (χ0v) is 16.5. The van der Waals surface area contributed by atoms with Crippen LogP contribution in [0.25, 0.3) is 10.9 Å². The predicted molar refractivity (Wildman–Crippen MR) is 104 cm³/mol. The van der Waals surface area contributed by atoms with E-state index >= 15 is 0 Å². The number of rotatable bonds is 7. The molecule has 1 fully saturated rings. The van der Waals surface area contributed by atoms with Gasteiger partial charge in [-0.3, -0.25) is 23.9 Å². The van der Waals surface area contributed by atoms with Crippen LogP contribution in [-0.2, 0) is 20.9 Å². The molecule has 2 aromatic rings. The van der Waals surface area contributed by atoms with Crippen LogP contribution in [0.2, 0.25) is 5.02 Å². The van der Waals surface area contributed by atoms with Crippen molar-refractivity contribution in [3.63, 3.8) is 0 Å². The molecule has 7 nitrogen and oxygen atoms in total. The lowest BCUT2D eigenvalue weighted by molar-refractivity contribution is -0.140. The largest absolute Gasteiger partial charge is 0.385 e. The molecule has 0 N–H and O–H groups in total. The molecule has 144 valence electrons. The van der Waals surface area contributed by atoms with E-state index in [1.807, 2.05) is 0 Å². The van der Waals surface area contributed by atoms with E-state index in [1.54, 1.807) is 29.9 Å². The normalized spacial score (nSPS) is 14.3. The number of carbonyl (C=O) groups is 2. The number of carbonyl (C=O) groups excluding carboxylic acids is 2. The number of ether oxygens (including phenoxy) is 1. The highest BCUT2D eigenvalue weighted by Gasteiger charge is 2.26. The Balaban J connectivity index is 1.88. The van der Waals surface area contributed by atoms with Gasteiger partial charge in [-0.25, -0.2) is 4.98 Å². The molecule has 1 aromatic heterocycles. The maximum absolute atomic E-state index is 12.9. The van der Waals surface area contributed by atoms with Crippen LogP contribution >= 0.6 is 23.4 Å². The van der Waals surface area contributed by atoms with Crippen molar-refractivity contribution in [2.75, 3.05) is 26.0 Å². The number of methoxy groups -OCH3 is 1. The van der Waals surface area contributed by atoms with Crippen molar-refractivity contribution in [2.24, 2.45) is 0 Å². The molecule has 0 unspecified atom stereocenters. The number of imide groups is 1. The summed E-state index contributed by atoms with van der Waals surface area (Å²) in [5, 5.41) is 1.40. The summed E-state index contributed by atoms with van der Waals surface area (Å²) in [6.07, 6.45) is 1.75. The average molecular weight is 410 g/mol. The monoisotopic (exact) mass is 409 g/mol. The van der Waals surface area contributed by atoms with Crippen molar-refractivity contribution in [1.82, 2.24) is 14.5 Å². The van der Waals surface area contributed by atoms with Crippen LogP contribution in [0.4, 0.5) is 0 Å². The summed E-state index contributed by atoms with van der Waals surface area (Å²) >= 11 is 7.19. The summed E-state index contributed by atoms with van der Waals surface area (Å²) in [6, 6.07) is 4.94. The third-order valence-corrected chi connectivity index (χ3v) is 5.51. The molecule has 0 aliphatic carbocycles. The van der Waals surface area contributed by atoms with Crippen LogP contribution in [0.3, 0.4) is 0 Å². The highest BCUT2D eigenvalue weighted by molar-refractivity contribution is 7.99. The first-order chi connectivity index (χ1) is 13.0. The van der Waals surface area contributed by atoms with Crippen LogP contribution < -0.4 is 5.56 Å². The summed E-state index contributed by atoms with van der Waals surface area (Å²) in [5.41, 5.74) is 0.308. The molecule has 1 aliphatic rings. The van der Waals surface area contributed by atoms with Gasteiger partial charge in [-0.1, -0.05) is 23.4 Å². The number of thioether (sulfide) groups is 1. The SMILES string of the molecule is COCCCn1c(SCC(=O)N2CCCC2=O)nc2cc(Cl)ccc2c1=O. The van der Waals surface area contributed by atoms with Gasteiger partial charge in [-0.05, 0) is 31.0 Å². The molecular weight excluding hydrogens is 390 g/mol. The molecule has 3 rings (SSSR count). The minimum absolute atomic E-state index is 0.0501. The topological polar surface area (TPSA) is 81.5 Å². The molecule has 0 bridgehead atoms. The van der Waals surface area contributed by atoms with Crippen molar-refractivity contribution in [2.45, 2.75) is 31.0 Å². The lowest BCUT2D eigenvalue weighted by Crippen LogP contribution is -2.33. The van der Waals surface area contributed by atoms with Crippen molar-refractivity contribution < 1.29 is 14.3 Å². The van der Waals surface area contributed by atoms with Crippen molar-refractivity contribution in [1.29, 1.82) is 0 Å². The van der Waals surface area contributed by atoms with Gasteiger partial charge in [0.25, 0.3) is 5.56 Å². The quantitative estimate of drug-likeness (QED) is 0.396. The summed E-state index contributed by atoms with van der Waals surface area (Å²) < 4.78 is 6.62. The molecule has 27 heavy (non-hydrogen) atoms. The number of hydrogen-bond donors (Lipinski definition) is 0. The van der Waals surface area contributed by atoms with Gasteiger partial charge in [0.05, 0.1) is 16.7 Å². The van der Waals surface area contributed by atoms with Gasteiger partial charge in [0.15, 0.2) is 5.16 Å². The maximum Gasteiger partial charge on any atom is 0.262 e. The van der Waals surface area contributed by atoms with Crippen molar-refractivity contribution >= 4 is 46.1 Å². The molecule has 0 saturated carbocycles. The Labute approximate surface area is 165 Å². The molecule has 0 radical (unpaired) electrons. The van der Waals surface area contributed by atoms with E-state index < -0.39 is 0 Å². The second kappa shape index (κ2) is 8.86. The summed E-state index contributed by atoms with van der Waals surface area (Å²) in [6.45, 7) is 1.40. The van der Waals surface area contributed by atoms with Gasteiger partial charge in [-0.2, -0.15) is 0 Å². The number of fused-ring (bicyclic) bond motifs is 1. The second-order valence-electron chi connectivity index (χ2n) is 6.19. The first-order valence-corrected chi connectivity index (χ1v) is 10.0. The number of aromatic nitrogens is 2. The first-order valence-electron chi connectivity index (χ1n) is 8.66. The Morgan fingerprint density at radius 2 is 2.19 bits per heavy atom. The molecule has 0 spiro atoms. The molecule has 9 heteroatoms. The number of benzene rings is 1. The average Bonchev–Trinajstić information content (AvgIpc) is 3.07. The van der Waals surface area contributed by atoms with Gasteiger partial charge in [-0.15, -0.1) is 0 Å². The molecular formula is C18H20ClN3O4S. The van der Waals surface area contributed by atoms with Gasteiger partial charge >= 0.3 is 0 Å². The summed E-state index contributed by atoms with van der Waals surface area (Å²) in [5.74, 6) is -0.350. The Morgan fingerprint density at radius 3 is 2.89 bits per heavy atom. The number of halogens is 1.